The number of aryl methyl sites for hydroxylation is 1. The van der Waals surface area contributed by atoms with Crippen LogP contribution >= 0.6 is 11.3 Å². The minimum absolute atomic E-state index is 0.0857. The van der Waals surface area contributed by atoms with E-state index in [1.54, 1.807) is 17.1 Å². The van der Waals surface area contributed by atoms with Gasteiger partial charge in [-0.1, -0.05) is 0 Å². The average Bonchev–Trinajstić information content (AvgIpc) is 3.15. The van der Waals surface area contributed by atoms with Crippen molar-refractivity contribution in [3.8, 4) is 10.6 Å². The fourth-order valence-corrected chi connectivity index (χ4v) is 3.45. The van der Waals surface area contributed by atoms with Gasteiger partial charge in [0, 0.05) is 37.9 Å². The molecule has 1 atom stereocenters. The van der Waals surface area contributed by atoms with Crippen LogP contribution < -0.4 is 5.32 Å². The van der Waals surface area contributed by atoms with Crippen LogP contribution in [0.4, 0.5) is 0 Å². The number of rotatable bonds is 3. The molecule has 1 fully saturated rings. The molecule has 0 radical (unpaired) electrons. The lowest BCUT2D eigenvalue weighted by Crippen LogP contribution is -2.46. The van der Waals surface area contributed by atoms with Crippen molar-refractivity contribution in [3.63, 3.8) is 0 Å². The second-order valence-corrected chi connectivity index (χ2v) is 6.34. The maximum atomic E-state index is 12.6. The normalized spacial score (nSPS) is 19.0. The van der Waals surface area contributed by atoms with Gasteiger partial charge in [-0.2, -0.15) is 5.10 Å². The highest BCUT2D eigenvalue weighted by Gasteiger charge is 2.25. The first-order valence-corrected chi connectivity index (χ1v) is 7.90. The first-order valence-electron chi connectivity index (χ1n) is 7.09. The van der Waals surface area contributed by atoms with Gasteiger partial charge in [0.2, 0.25) is 0 Å². The van der Waals surface area contributed by atoms with Crippen LogP contribution in [-0.2, 0) is 7.05 Å². The summed E-state index contributed by atoms with van der Waals surface area (Å²) in [6, 6.07) is 0.397. The monoisotopic (exact) mass is 305 g/mol. The largest absolute Gasteiger partial charge is 0.336 e. The van der Waals surface area contributed by atoms with Crippen molar-refractivity contribution in [2.75, 3.05) is 20.1 Å². The first-order chi connectivity index (χ1) is 10.2. The van der Waals surface area contributed by atoms with Gasteiger partial charge in [-0.05, 0) is 19.9 Å². The summed E-state index contributed by atoms with van der Waals surface area (Å²) in [4.78, 5) is 19.5. The van der Waals surface area contributed by atoms with Gasteiger partial charge in [-0.25, -0.2) is 4.98 Å². The van der Waals surface area contributed by atoms with E-state index in [0.29, 0.717) is 10.9 Å². The van der Waals surface area contributed by atoms with Crippen molar-refractivity contribution in [3.05, 3.63) is 23.5 Å². The van der Waals surface area contributed by atoms with Crippen molar-refractivity contribution >= 4 is 17.2 Å². The van der Waals surface area contributed by atoms with Crippen LogP contribution in [0.2, 0.25) is 0 Å². The van der Waals surface area contributed by atoms with E-state index < -0.39 is 0 Å². The number of carbonyl (C=O) groups excluding carboxylic acids is 1. The standard InChI is InChI=1S/C14H19N5OS/c1-15-11-4-3-5-19(9-11)14(20)12-7-16-13(21-12)10-6-17-18(2)8-10/h6-8,11,15H,3-5,9H2,1-2H3/t11-/m1/s1. The summed E-state index contributed by atoms with van der Waals surface area (Å²) < 4.78 is 1.74. The number of hydrogen-bond donors (Lipinski definition) is 1. The molecular formula is C14H19N5OS. The molecule has 0 saturated carbocycles. The summed E-state index contributed by atoms with van der Waals surface area (Å²) >= 11 is 1.43. The van der Waals surface area contributed by atoms with Crippen LogP contribution in [-0.4, -0.2) is 51.8 Å². The van der Waals surface area contributed by atoms with Gasteiger partial charge >= 0.3 is 0 Å². The Morgan fingerprint density at radius 2 is 2.33 bits per heavy atom. The molecule has 21 heavy (non-hydrogen) atoms. The molecule has 0 bridgehead atoms. The number of likely N-dealkylation sites (N-methyl/N-ethyl adjacent to an activating group) is 1. The Kier molecular flexibility index (Phi) is 4.03. The maximum absolute atomic E-state index is 12.6. The van der Waals surface area contributed by atoms with Crippen LogP contribution in [0, 0.1) is 0 Å². The van der Waals surface area contributed by atoms with Crippen molar-refractivity contribution in [2.24, 2.45) is 7.05 Å². The van der Waals surface area contributed by atoms with E-state index in [1.165, 1.54) is 11.3 Å². The predicted octanol–water partition coefficient (Wildman–Crippen LogP) is 1.37. The lowest BCUT2D eigenvalue weighted by Gasteiger charge is -2.32. The minimum Gasteiger partial charge on any atom is -0.336 e. The molecule has 0 aliphatic carbocycles. The average molecular weight is 305 g/mol. The number of aromatic nitrogens is 3. The number of thiazole rings is 1. The molecule has 0 aromatic carbocycles. The van der Waals surface area contributed by atoms with E-state index in [2.05, 4.69) is 15.4 Å². The summed E-state index contributed by atoms with van der Waals surface area (Å²) in [5, 5.41) is 8.24. The predicted molar refractivity (Wildman–Crippen MR) is 82.3 cm³/mol. The summed E-state index contributed by atoms with van der Waals surface area (Å²) in [6.45, 7) is 1.60. The van der Waals surface area contributed by atoms with Crippen molar-refractivity contribution in [1.29, 1.82) is 0 Å². The smallest absolute Gasteiger partial charge is 0.265 e. The maximum Gasteiger partial charge on any atom is 0.265 e. The Labute approximate surface area is 127 Å². The summed E-state index contributed by atoms with van der Waals surface area (Å²) in [6.07, 6.45) is 7.53. The summed E-state index contributed by atoms with van der Waals surface area (Å²) in [7, 11) is 3.82. The van der Waals surface area contributed by atoms with Gasteiger partial charge < -0.3 is 10.2 Å². The molecular weight excluding hydrogens is 286 g/mol. The van der Waals surface area contributed by atoms with Crippen molar-refractivity contribution < 1.29 is 4.79 Å². The zero-order valence-corrected chi connectivity index (χ0v) is 13.1. The fourth-order valence-electron chi connectivity index (χ4n) is 2.59. The topological polar surface area (TPSA) is 63.1 Å². The highest BCUT2D eigenvalue weighted by atomic mass is 32.1. The molecule has 112 valence electrons. The van der Waals surface area contributed by atoms with Crippen LogP contribution in [0.1, 0.15) is 22.5 Å². The van der Waals surface area contributed by atoms with Gasteiger partial charge in [0.05, 0.1) is 12.4 Å². The number of piperidine rings is 1. The van der Waals surface area contributed by atoms with Gasteiger partial charge in [-0.15, -0.1) is 11.3 Å². The molecule has 0 spiro atoms. The third kappa shape index (κ3) is 2.98. The summed E-state index contributed by atoms with van der Waals surface area (Å²) in [5.41, 5.74) is 0.952. The number of likely N-dealkylation sites (tertiary alicyclic amines) is 1. The van der Waals surface area contributed by atoms with E-state index in [-0.39, 0.29) is 5.91 Å². The number of carbonyl (C=O) groups is 1. The van der Waals surface area contributed by atoms with Gasteiger partial charge in [0.15, 0.2) is 0 Å². The van der Waals surface area contributed by atoms with E-state index >= 15 is 0 Å². The third-order valence-electron chi connectivity index (χ3n) is 3.79. The van der Waals surface area contributed by atoms with Crippen LogP contribution in [0.3, 0.4) is 0 Å². The van der Waals surface area contributed by atoms with Crippen molar-refractivity contribution in [1.82, 2.24) is 25.0 Å². The first kappa shape index (κ1) is 14.2. The third-order valence-corrected chi connectivity index (χ3v) is 4.82. The van der Waals surface area contributed by atoms with Gasteiger partial charge in [0.1, 0.15) is 9.88 Å². The zero-order chi connectivity index (χ0) is 14.8. The summed E-state index contributed by atoms with van der Waals surface area (Å²) in [5.74, 6) is 0.0857. The zero-order valence-electron chi connectivity index (χ0n) is 12.2. The highest BCUT2D eigenvalue weighted by molar-refractivity contribution is 7.16. The second-order valence-electron chi connectivity index (χ2n) is 5.31. The molecule has 3 rings (SSSR count). The Morgan fingerprint density at radius 3 is 3.05 bits per heavy atom. The molecule has 1 saturated heterocycles. The molecule has 0 unspecified atom stereocenters. The molecule has 7 heteroatoms. The van der Waals surface area contributed by atoms with Crippen LogP contribution in [0.15, 0.2) is 18.6 Å². The molecule has 1 N–H and O–H groups in total. The van der Waals surface area contributed by atoms with Crippen molar-refractivity contribution in [2.45, 2.75) is 18.9 Å². The minimum atomic E-state index is 0.0857. The quantitative estimate of drug-likeness (QED) is 0.930. The molecule has 1 amide bonds. The van der Waals surface area contributed by atoms with Crippen LogP contribution in [0.5, 0.6) is 0 Å². The molecule has 1 aliphatic rings. The Hall–Kier alpha value is -1.73. The van der Waals surface area contributed by atoms with Gasteiger partial charge in [-0.3, -0.25) is 9.48 Å². The molecule has 6 nitrogen and oxygen atoms in total. The molecule has 2 aromatic rings. The van der Waals surface area contributed by atoms with Gasteiger partial charge in [0.25, 0.3) is 5.91 Å². The fraction of sp³-hybridized carbons (Fsp3) is 0.500. The Balaban J connectivity index is 1.75. The Morgan fingerprint density at radius 1 is 1.48 bits per heavy atom. The number of nitrogens with zero attached hydrogens (tertiary/aromatic N) is 4. The van der Waals surface area contributed by atoms with E-state index in [1.807, 2.05) is 25.2 Å². The number of hydrogen-bond acceptors (Lipinski definition) is 5. The highest BCUT2D eigenvalue weighted by Crippen LogP contribution is 2.26. The number of nitrogens with one attached hydrogen (secondary N) is 1. The number of amides is 1. The molecule has 1 aliphatic heterocycles. The van der Waals surface area contributed by atoms with E-state index in [4.69, 9.17) is 0 Å². The lowest BCUT2D eigenvalue weighted by molar-refractivity contribution is 0.0703. The SMILES string of the molecule is CN[C@@H]1CCCN(C(=O)c2cnc(-c3cnn(C)c3)s2)C1. The molecule has 3 heterocycles. The Bertz CT molecular complexity index is 635. The van der Waals surface area contributed by atoms with E-state index in [9.17, 15) is 4.79 Å². The second kappa shape index (κ2) is 5.95. The lowest BCUT2D eigenvalue weighted by atomic mass is 10.1. The van der Waals surface area contributed by atoms with E-state index in [0.717, 1.165) is 36.5 Å². The molecule has 2 aromatic heterocycles. The van der Waals surface area contributed by atoms with Crippen LogP contribution in [0.25, 0.3) is 10.6 Å².